The third kappa shape index (κ3) is 3.14. The standard InChI is InChI=1S/C23H34BrNO2/c1-15(25-27-13-12-24)19-6-7-20-18-5-4-16-14-17(26)8-10-22(16,2)21(18)9-11-23(19,20)3/h14,18-21H,4-13H2,1-3H3/b25-15-/t18-,19+,20-,21-,22-,23+/m0/s1. The van der Waals surface area contributed by atoms with Crippen LogP contribution in [0.4, 0.5) is 0 Å². The van der Waals surface area contributed by atoms with Gasteiger partial charge in [-0.25, -0.2) is 0 Å². The van der Waals surface area contributed by atoms with Crippen LogP contribution in [-0.4, -0.2) is 23.4 Å². The number of rotatable bonds is 4. The van der Waals surface area contributed by atoms with Crippen LogP contribution in [-0.2, 0) is 9.63 Å². The van der Waals surface area contributed by atoms with E-state index in [0.29, 0.717) is 23.7 Å². The molecule has 150 valence electrons. The molecule has 0 bridgehead atoms. The van der Waals surface area contributed by atoms with Crippen LogP contribution in [0.2, 0.25) is 0 Å². The van der Waals surface area contributed by atoms with Gasteiger partial charge in [0.25, 0.3) is 0 Å². The van der Waals surface area contributed by atoms with Crippen molar-refractivity contribution >= 4 is 27.4 Å². The van der Waals surface area contributed by atoms with Gasteiger partial charge in [0.1, 0.15) is 6.61 Å². The van der Waals surface area contributed by atoms with Gasteiger partial charge in [0.2, 0.25) is 0 Å². The molecule has 0 heterocycles. The van der Waals surface area contributed by atoms with E-state index in [2.05, 4.69) is 41.9 Å². The molecule has 0 radical (unpaired) electrons. The Morgan fingerprint density at radius 3 is 2.78 bits per heavy atom. The number of ketones is 1. The number of hydrogen-bond acceptors (Lipinski definition) is 3. The van der Waals surface area contributed by atoms with E-state index in [1.54, 1.807) is 0 Å². The summed E-state index contributed by atoms with van der Waals surface area (Å²) in [7, 11) is 0. The maximum atomic E-state index is 12.0. The van der Waals surface area contributed by atoms with Gasteiger partial charge in [-0.05, 0) is 86.5 Å². The fraction of sp³-hybridized carbons (Fsp3) is 0.826. The zero-order chi connectivity index (χ0) is 19.2. The number of alkyl halides is 1. The molecule has 3 fully saturated rings. The van der Waals surface area contributed by atoms with Gasteiger partial charge in [0.05, 0.1) is 5.71 Å². The molecule has 3 nitrogen and oxygen atoms in total. The summed E-state index contributed by atoms with van der Waals surface area (Å²) in [6, 6.07) is 0. The van der Waals surface area contributed by atoms with E-state index < -0.39 is 0 Å². The summed E-state index contributed by atoms with van der Waals surface area (Å²) < 4.78 is 0. The highest BCUT2D eigenvalue weighted by Crippen LogP contribution is 2.66. The van der Waals surface area contributed by atoms with Crippen molar-refractivity contribution in [3.05, 3.63) is 11.6 Å². The van der Waals surface area contributed by atoms with Crippen molar-refractivity contribution in [1.29, 1.82) is 0 Å². The first-order chi connectivity index (χ1) is 12.9. The van der Waals surface area contributed by atoms with E-state index in [4.69, 9.17) is 4.84 Å². The van der Waals surface area contributed by atoms with Crippen molar-refractivity contribution in [1.82, 2.24) is 0 Å². The highest BCUT2D eigenvalue weighted by atomic mass is 79.9. The fourth-order valence-electron chi connectivity index (χ4n) is 7.49. The lowest BCUT2D eigenvalue weighted by atomic mass is 9.46. The predicted octanol–water partition coefficient (Wildman–Crippen LogP) is 5.92. The molecule has 0 saturated heterocycles. The smallest absolute Gasteiger partial charge is 0.155 e. The zero-order valence-corrected chi connectivity index (χ0v) is 18.7. The second-order valence-electron chi connectivity index (χ2n) is 9.90. The van der Waals surface area contributed by atoms with Gasteiger partial charge >= 0.3 is 0 Å². The number of allylic oxidation sites excluding steroid dienone is 1. The number of carbonyl (C=O) groups is 1. The highest BCUT2D eigenvalue weighted by molar-refractivity contribution is 9.09. The number of hydrogen-bond donors (Lipinski definition) is 0. The first-order valence-electron chi connectivity index (χ1n) is 10.9. The number of carbonyl (C=O) groups excluding carboxylic acids is 1. The van der Waals surface area contributed by atoms with Crippen LogP contribution in [0.25, 0.3) is 0 Å². The van der Waals surface area contributed by atoms with Crippen molar-refractivity contribution in [3.8, 4) is 0 Å². The molecule has 3 saturated carbocycles. The summed E-state index contributed by atoms with van der Waals surface area (Å²) in [5.41, 5.74) is 3.32. The largest absolute Gasteiger partial charge is 0.395 e. The lowest BCUT2D eigenvalue weighted by molar-refractivity contribution is -0.117. The minimum Gasteiger partial charge on any atom is -0.395 e. The molecule has 4 rings (SSSR count). The second kappa shape index (κ2) is 7.31. The third-order valence-corrected chi connectivity index (χ3v) is 9.17. The number of nitrogens with zero attached hydrogens (tertiary/aromatic N) is 1. The Kier molecular flexibility index (Phi) is 5.33. The minimum absolute atomic E-state index is 0.276. The topological polar surface area (TPSA) is 38.7 Å². The predicted molar refractivity (Wildman–Crippen MR) is 113 cm³/mol. The molecule has 0 aliphatic heterocycles. The first kappa shape index (κ1) is 19.7. The van der Waals surface area contributed by atoms with Crippen LogP contribution in [0.15, 0.2) is 16.8 Å². The number of oxime groups is 1. The molecule has 0 amide bonds. The van der Waals surface area contributed by atoms with E-state index in [9.17, 15) is 4.79 Å². The normalized spacial score (nSPS) is 44.2. The van der Waals surface area contributed by atoms with Crippen molar-refractivity contribution in [2.45, 2.75) is 72.1 Å². The van der Waals surface area contributed by atoms with Crippen LogP contribution < -0.4 is 0 Å². The third-order valence-electron chi connectivity index (χ3n) is 8.84. The lowest BCUT2D eigenvalue weighted by Crippen LogP contribution is -2.51. The highest BCUT2D eigenvalue weighted by Gasteiger charge is 2.59. The van der Waals surface area contributed by atoms with Gasteiger partial charge in [-0.2, -0.15) is 0 Å². The van der Waals surface area contributed by atoms with Crippen molar-refractivity contribution in [3.63, 3.8) is 0 Å². The Morgan fingerprint density at radius 1 is 1.19 bits per heavy atom. The van der Waals surface area contributed by atoms with Crippen molar-refractivity contribution in [2.75, 3.05) is 11.9 Å². The van der Waals surface area contributed by atoms with E-state index in [-0.39, 0.29) is 5.41 Å². The average molecular weight is 436 g/mol. The summed E-state index contributed by atoms with van der Waals surface area (Å²) in [6.07, 6.45) is 11.5. The SMILES string of the molecule is C/C(=N/OCCBr)[C@H]1CC[C@H]2[C@@H]3CCC4=CC(=O)CC[C@]4(C)[C@H]3CC[C@]12C. The van der Waals surface area contributed by atoms with Gasteiger partial charge in [0.15, 0.2) is 5.78 Å². The summed E-state index contributed by atoms with van der Waals surface area (Å²) in [6.45, 7) is 7.82. The van der Waals surface area contributed by atoms with Gasteiger partial charge in [-0.15, -0.1) is 0 Å². The van der Waals surface area contributed by atoms with Crippen LogP contribution in [0.1, 0.15) is 72.1 Å². The fourth-order valence-corrected chi connectivity index (χ4v) is 7.64. The van der Waals surface area contributed by atoms with Crippen LogP contribution in [0.3, 0.4) is 0 Å². The Morgan fingerprint density at radius 2 is 2.00 bits per heavy atom. The number of halogens is 1. The molecule has 4 heteroatoms. The van der Waals surface area contributed by atoms with Crippen molar-refractivity contribution in [2.24, 2.45) is 39.7 Å². The van der Waals surface area contributed by atoms with Crippen molar-refractivity contribution < 1.29 is 9.63 Å². The summed E-state index contributed by atoms with van der Waals surface area (Å²) >= 11 is 3.40. The van der Waals surface area contributed by atoms with Gasteiger partial charge < -0.3 is 4.84 Å². The van der Waals surface area contributed by atoms with Crippen LogP contribution >= 0.6 is 15.9 Å². The molecule has 0 spiro atoms. The van der Waals surface area contributed by atoms with E-state index >= 15 is 0 Å². The van der Waals surface area contributed by atoms with E-state index in [0.717, 1.165) is 42.3 Å². The minimum atomic E-state index is 0.276. The molecule has 6 atom stereocenters. The summed E-state index contributed by atoms with van der Waals surface area (Å²) in [5.74, 6) is 3.32. The Labute approximate surface area is 172 Å². The second-order valence-corrected chi connectivity index (χ2v) is 10.7. The Hall–Kier alpha value is -0.640. The molecule has 0 aromatic heterocycles. The maximum absolute atomic E-state index is 12.0. The average Bonchev–Trinajstić information content (AvgIpc) is 3.00. The molecule has 0 unspecified atom stereocenters. The molecule has 27 heavy (non-hydrogen) atoms. The quantitative estimate of drug-likeness (QED) is 0.237. The van der Waals surface area contributed by atoms with Crippen LogP contribution in [0.5, 0.6) is 0 Å². The van der Waals surface area contributed by atoms with E-state index in [1.807, 2.05) is 6.08 Å². The molecule has 0 N–H and O–H groups in total. The van der Waals surface area contributed by atoms with Crippen LogP contribution in [0, 0.1) is 34.5 Å². The van der Waals surface area contributed by atoms with Gasteiger partial charge in [-0.3, -0.25) is 4.79 Å². The number of fused-ring (bicyclic) bond motifs is 5. The molecule has 0 aromatic carbocycles. The first-order valence-corrected chi connectivity index (χ1v) is 12.0. The zero-order valence-electron chi connectivity index (χ0n) is 17.1. The lowest BCUT2D eigenvalue weighted by Gasteiger charge is -2.58. The van der Waals surface area contributed by atoms with E-state index in [1.165, 1.54) is 43.4 Å². The molecular formula is C23H34BrNO2. The summed E-state index contributed by atoms with van der Waals surface area (Å²) in [5, 5.41) is 5.29. The molecule has 0 aromatic rings. The molecular weight excluding hydrogens is 402 g/mol. The maximum Gasteiger partial charge on any atom is 0.155 e. The van der Waals surface area contributed by atoms with Gasteiger partial charge in [-0.1, -0.05) is 40.5 Å². The molecule has 4 aliphatic rings. The monoisotopic (exact) mass is 435 g/mol. The van der Waals surface area contributed by atoms with Gasteiger partial charge in [0, 0.05) is 17.7 Å². The Bertz CT molecular complexity index is 671. The Balaban J connectivity index is 1.56. The summed E-state index contributed by atoms with van der Waals surface area (Å²) in [4.78, 5) is 17.5. The molecule has 4 aliphatic carbocycles.